The van der Waals surface area contributed by atoms with Crippen molar-refractivity contribution in [3.8, 4) is 0 Å². The third-order valence-electron chi connectivity index (χ3n) is 3.47. The van der Waals surface area contributed by atoms with Gasteiger partial charge in [0.05, 0.1) is 6.04 Å². The van der Waals surface area contributed by atoms with Gasteiger partial charge in [0.25, 0.3) is 5.91 Å². The molecule has 0 bridgehead atoms. The highest BCUT2D eigenvalue weighted by Crippen LogP contribution is 2.15. The molecule has 0 radical (unpaired) electrons. The molecular formula is C18H22N2O3. The molecule has 0 saturated heterocycles. The first kappa shape index (κ1) is 16.8. The fraction of sp³-hybridized carbons (Fsp3) is 0.333. The highest BCUT2D eigenvalue weighted by Gasteiger charge is 2.12. The molecule has 1 heterocycles. The Hall–Kier alpha value is -2.56. The predicted octanol–water partition coefficient (Wildman–Crippen LogP) is 2.98. The van der Waals surface area contributed by atoms with Crippen LogP contribution < -0.4 is 10.6 Å². The van der Waals surface area contributed by atoms with E-state index in [1.54, 1.807) is 12.1 Å². The van der Waals surface area contributed by atoms with Gasteiger partial charge in [0.2, 0.25) is 5.91 Å². The van der Waals surface area contributed by atoms with E-state index in [0.29, 0.717) is 24.9 Å². The van der Waals surface area contributed by atoms with Gasteiger partial charge in [-0.15, -0.1) is 0 Å². The van der Waals surface area contributed by atoms with E-state index in [4.69, 9.17) is 4.42 Å². The fourth-order valence-electron chi connectivity index (χ4n) is 2.21. The van der Waals surface area contributed by atoms with E-state index in [1.807, 2.05) is 44.2 Å². The summed E-state index contributed by atoms with van der Waals surface area (Å²) in [7, 11) is 0. The highest BCUT2D eigenvalue weighted by atomic mass is 16.3. The second kappa shape index (κ2) is 8.17. The molecule has 0 fully saturated rings. The summed E-state index contributed by atoms with van der Waals surface area (Å²) in [5.74, 6) is 1.39. The molecule has 0 saturated carbocycles. The minimum Gasteiger partial charge on any atom is -0.464 e. The summed E-state index contributed by atoms with van der Waals surface area (Å²) in [4.78, 5) is 23.7. The molecule has 1 unspecified atom stereocenters. The number of hydrogen-bond acceptors (Lipinski definition) is 3. The predicted molar refractivity (Wildman–Crippen MR) is 88.0 cm³/mol. The lowest BCUT2D eigenvalue weighted by Gasteiger charge is -2.11. The Balaban J connectivity index is 1.66. The zero-order valence-electron chi connectivity index (χ0n) is 13.5. The molecule has 23 heavy (non-hydrogen) atoms. The van der Waals surface area contributed by atoms with Crippen molar-refractivity contribution in [3.63, 3.8) is 0 Å². The molecule has 122 valence electrons. The van der Waals surface area contributed by atoms with Crippen LogP contribution in [-0.2, 0) is 4.79 Å². The lowest BCUT2D eigenvalue weighted by molar-refractivity contribution is -0.121. The Labute approximate surface area is 136 Å². The van der Waals surface area contributed by atoms with Crippen LogP contribution in [0.1, 0.15) is 47.7 Å². The topological polar surface area (TPSA) is 71.3 Å². The number of amides is 2. The van der Waals surface area contributed by atoms with Crippen molar-refractivity contribution in [2.45, 2.75) is 32.7 Å². The van der Waals surface area contributed by atoms with E-state index in [1.165, 1.54) is 0 Å². The molecule has 0 spiro atoms. The molecule has 2 N–H and O–H groups in total. The van der Waals surface area contributed by atoms with E-state index in [2.05, 4.69) is 10.6 Å². The second-order valence-corrected chi connectivity index (χ2v) is 5.46. The maximum Gasteiger partial charge on any atom is 0.251 e. The first-order chi connectivity index (χ1) is 11.1. The number of aryl methyl sites for hydroxylation is 1. The van der Waals surface area contributed by atoms with Crippen LogP contribution in [0.4, 0.5) is 0 Å². The smallest absolute Gasteiger partial charge is 0.251 e. The molecule has 0 aliphatic carbocycles. The summed E-state index contributed by atoms with van der Waals surface area (Å²) in [5, 5.41) is 5.69. The van der Waals surface area contributed by atoms with Crippen LogP contribution in [0.2, 0.25) is 0 Å². The molecule has 2 amide bonds. The third kappa shape index (κ3) is 5.29. The maximum atomic E-state index is 11.9. The summed E-state index contributed by atoms with van der Waals surface area (Å²) in [6, 6.07) is 12.6. The van der Waals surface area contributed by atoms with E-state index in [-0.39, 0.29) is 17.9 Å². The van der Waals surface area contributed by atoms with Gasteiger partial charge in [0, 0.05) is 18.5 Å². The summed E-state index contributed by atoms with van der Waals surface area (Å²) < 4.78 is 5.48. The van der Waals surface area contributed by atoms with Crippen molar-refractivity contribution in [2.75, 3.05) is 6.54 Å². The van der Waals surface area contributed by atoms with Crippen molar-refractivity contribution >= 4 is 11.8 Å². The summed E-state index contributed by atoms with van der Waals surface area (Å²) in [6.07, 6.45) is 0.952. The van der Waals surface area contributed by atoms with Gasteiger partial charge >= 0.3 is 0 Å². The van der Waals surface area contributed by atoms with Gasteiger partial charge in [-0.1, -0.05) is 18.2 Å². The van der Waals surface area contributed by atoms with Crippen molar-refractivity contribution in [1.29, 1.82) is 0 Å². The standard InChI is InChI=1S/C18H22N2O3/c1-13-10-11-16(23-13)14(2)20-17(21)9-6-12-19-18(22)15-7-4-3-5-8-15/h3-5,7-8,10-11,14H,6,9,12H2,1-2H3,(H,19,22)(H,20,21). The first-order valence-corrected chi connectivity index (χ1v) is 7.75. The molecule has 1 aromatic heterocycles. The second-order valence-electron chi connectivity index (χ2n) is 5.46. The normalized spacial score (nSPS) is 11.7. The van der Waals surface area contributed by atoms with Crippen molar-refractivity contribution in [1.82, 2.24) is 10.6 Å². The number of nitrogens with one attached hydrogen (secondary N) is 2. The minimum absolute atomic E-state index is 0.0551. The molecule has 2 aromatic rings. The minimum atomic E-state index is -0.157. The Morgan fingerprint density at radius 1 is 1.13 bits per heavy atom. The summed E-state index contributed by atoms with van der Waals surface area (Å²) in [5.41, 5.74) is 0.624. The number of carbonyl (C=O) groups is 2. The Kier molecular flexibility index (Phi) is 5.97. The zero-order valence-corrected chi connectivity index (χ0v) is 13.5. The molecule has 0 aliphatic rings. The lowest BCUT2D eigenvalue weighted by atomic mass is 10.2. The molecule has 0 aliphatic heterocycles. The van der Waals surface area contributed by atoms with Crippen LogP contribution >= 0.6 is 0 Å². The number of benzene rings is 1. The van der Waals surface area contributed by atoms with Gasteiger partial charge in [-0.05, 0) is 44.5 Å². The molecular weight excluding hydrogens is 292 g/mol. The summed E-state index contributed by atoms with van der Waals surface area (Å²) in [6.45, 7) is 4.22. The molecule has 5 heteroatoms. The highest BCUT2D eigenvalue weighted by molar-refractivity contribution is 5.94. The lowest BCUT2D eigenvalue weighted by Crippen LogP contribution is -2.28. The average Bonchev–Trinajstić information content (AvgIpc) is 2.99. The van der Waals surface area contributed by atoms with Gasteiger partial charge < -0.3 is 15.1 Å². The van der Waals surface area contributed by atoms with Crippen LogP contribution in [0.15, 0.2) is 46.9 Å². The van der Waals surface area contributed by atoms with E-state index < -0.39 is 0 Å². The third-order valence-corrected chi connectivity index (χ3v) is 3.47. The van der Waals surface area contributed by atoms with Gasteiger partial charge in [0.1, 0.15) is 11.5 Å². The van der Waals surface area contributed by atoms with E-state index >= 15 is 0 Å². The van der Waals surface area contributed by atoms with Crippen LogP contribution in [0.25, 0.3) is 0 Å². The van der Waals surface area contributed by atoms with E-state index in [0.717, 1.165) is 11.5 Å². The molecule has 2 rings (SSSR count). The number of rotatable bonds is 7. The Morgan fingerprint density at radius 2 is 1.87 bits per heavy atom. The number of furan rings is 1. The van der Waals surface area contributed by atoms with Gasteiger partial charge in [0.15, 0.2) is 0 Å². The maximum absolute atomic E-state index is 11.9. The van der Waals surface area contributed by atoms with Crippen LogP contribution in [0.3, 0.4) is 0 Å². The van der Waals surface area contributed by atoms with Crippen LogP contribution in [0.5, 0.6) is 0 Å². The van der Waals surface area contributed by atoms with E-state index in [9.17, 15) is 9.59 Å². The average molecular weight is 314 g/mol. The Morgan fingerprint density at radius 3 is 2.52 bits per heavy atom. The van der Waals surface area contributed by atoms with Gasteiger partial charge in [-0.3, -0.25) is 9.59 Å². The van der Waals surface area contributed by atoms with Gasteiger partial charge in [-0.25, -0.2) is 0 Å². The number of carbonyl (C=O) groups excluding carboxylic acids is 2. The quantitative estimate of drug-likeness (QED) is 0.772. The van der Waals surface area contributed by atoms with Crippen molar-refractivity contribution < 1.29 is 14.0 Å². The van der Waals surface area contributed by atoms with Crippen LogP contribution in [0, 0.1) is 6.92 Å². The molecule has 5 nitrogen and oxygen atoms in total. The molecule has 1 aromatic carbocycles. The number of hydrogen-bond donors (Lipinski definition) is 2. The monoisotopic (exact) mass is 314 g/mol. The van der Waals surface area contributed by atoms with Gasteiger partial charge in [-0.2, -0.15) is 0 Å². The first-order valence-electron chi connectivity index (χ1n) is 7.75. The Bertz CT molecular complexity index is 649. The summed E-state index contributed by atoms with van der Waals surface area (Å²) >= 11 is 0. The zero-order chi connectivity index (χ0) is 16.7. The largest absolute Gasteiger partial charge is 0.464 e. The fourth-order valence-corrected chi connectivity index (χ4v) is 2.21. The van der Waals surface area contributed by atoms with Crippen LogP contribution in [-0.4, -0.2) is 18.4 Å². The molecule has 1 atom stereocenters. The van der Waals surface area contributed by atoms with Crippen molar-refractivity contribution in [2.24, 2.45) is 0 Å². The van der Waals surface area contributed by atoms with Crippen molar-refractivity contribution in [3.05, 3.63) is 59.5 Å². The SMILES string of the molecule is Cc1ccc(C(C)NC(=O)CCCNC(=O)c2ccccc2)o1.